The molecule has 1 saturated heterocycles. The fourth-order valence-electron chi connectivity index (χ4n) is 8.13. The molecule has 212 valence electrons. The molecule has 3 aromatic rings. The Kier molecular flexibility index (Phi) is 6.94. The van der Waals surface area contributed by atoms with E-state index in [4.69, 9.17) is 26.8 Å². The maximum atomic E-state index is 13.7. The van der Waals surface area contributed by atoms with E-state index >= 15 is 0 Å². The van der Waals surface area contributed by atoms with Crippen LogP contribution >= 0.6 is 24.0 Å². The number of nitrogens with zero attached hydrogens (tertiary/aromatic N) is 3. The predicted molar refractivity (Wildman–Crippen MR) is 167 cm³/mol. The average molecular weight is 586 g/mol. The highest BCUT2D eigenvalue weighted by Crippen LogP contribution is 2.61. The van der Waals surface area contributed by atoms with Gasteiger partial charge in [0.15, 0.2) is 11.5 Å². The van der Waals surface area contributed by atoms with Crippen molar-refractivity contribution < 1.29 is 14.3 Å². The molecule has 4 aliphatic carbocycles. The summed E-state index contributed by atoms with van der Waals surface area (Å²) < 4.78 is 13.4. The number of hydrogen-bond acceptors (Lipinski definition) is 6. The van der Waals surface area contributed by atoms with Gasteiger partial charge in [0.05, 0.1) is 30.5 Å². The van der Waals surface area contributed by atoms with Gasteiger partial charge in [-0.2, -0.15) is 5.10 Å². The van der Waals surface area contributed by atoms with Crippen molar-refractivity contribution in [3.05, 3.63) is 76.5 Å². The maximum absolute atomic E-state index is 13.7. The molecule has 0 N–H and O–H groups in total. The Morgan fingerprint density at radius 1 is 1.00 bits per heavy atom. The van der Waals surface area contributed by atoms with Crippen molar-refractivity contribution in [1.29, 1.82) is 0 Å². The SMILES string of the molecule is COc1ccc(CCN2C(=O)/C(=C/c3cn(-c4ccccc4)nc3C34CC5CC(CC(C5)C3)C4)SC2=S)cc1OC. The molecular formula is C33H35N3O3S2. The van der Waals surface area contributed by atoms with E-state index in [1.54, 1.807) is 19.1 Å². The smallest absolute Gasteiger partial charge is 0.266 e. The standard InChI is InChI=1S/C33H35N3O3S2/c1-38-27-9-8-21(15-28(27)39-2)10-11-35-31(37)29(41-32(35)40)16-25-20-36(26-6-4-3-5-7-26)34-30(25)33-17-22-12-23(18-33)14-24(13-22)19-33/h3-9,15-16,20,22-24H,10-14,17-19H2,1-2H3/b29-16-. The van der Waals surface area contributed by atoms with E-state index in [-0.39, 0.29) is 11.3 Å². The lowest BCUT2D eigenvalue weighted by Gasteiger charge is -2.56. The van der Waals surface area contributed by atoms with Gasteiger partial charge in [-0.3, -0.25) is 9.69 Å². The Hall–Kier alpha value is -3.10. The molecule has 2 aromatic carbocycles. The Bertz CT molecular complexity index is 1490. The van der Waals surface area contributed by atoms with E-state index < -0.39 is 0 Å². The molecule has 4 bridgehead atoms. The third-order valence-electron chi connectivity index (χ3n) is 9.54. The summed E-state index contributed by atoms with van der Waals surface area (Å²) in [6.07, 6.45) is 12.7. The summed E-state index contributed by atoms with van der Waals surface area (Å²) in [4.78, 5) is 16.1. The molecule has 41 heavy (non-hydrogen) atoms. The number of methoxy groups -OCH3 is 2. The number of ether oxygens (including phenoxy) is 2. The maximum Gasteiger partial charge on any atom is 0.266 e. The van der Waals surface area contributed by atoms with Gasteiger partial charge < -0.3 is 9.47 Å². The van der Waals surface area contributed by atoms with Crippen molar-refractivity contribution in [2.45, 2.75) is 50.4 Å². The van der Waals surface area contributed by atoms with Gasteiger partial charge in [-0.15, -0.1) is 0 Å². The fraction of sp³-hybridized carbons (Fsp3) is 0.424. The van der Waals surface area contributed by atoms with Crippen molar-refractivity contribution >= 4 is 40.3 Å². The largest absolute Gasteiger partial charge is 0.493 e. The van der Waals surface area contributed by atoms with E-state index in [1.807, 2.05) is 41.1 Å². The quantitative estimate of drug-likeness (QED) is 0.214. The van der Waals surface area contributed by atoms with Gasteiger partial charge in [0.25, 0.3) is 5.91 Å². The van der Waals surface area contributed by atoms with E-state index in [9.17, 15) is 4.79 Å². The second-order valence-electron chi connectivity index (χ2n) is 12.2. The number of aromatic nitrogens is 2. The first-order valence-corrected chi connectivity index (χ1v) is 15.8. The van der Waals surface area contributed by atoms with Gasteiger partial charge in [-0.05, 0) is 98.6 Å². The molecule has 4 saturated carbocycles. The molecule has 0 radical (unpaired) electrons. The van der Waals surface area contributed by atoms with Crippen molar-refractivity contribution in [2.75, 3.05) is 20.8 Å². The van der Waals surface area contributed by atoms with Crippen LogP contribution in [-0.2, 0) is 16.6 Å². The second kappa shape index (κ2) is 10.6. The van der Waals surface area contributed by atoms with Gasteiger partial charge in [0.1, 0.15) is 4.32 Å². The highest BCUT2D eigenvalue weighted by molar-refractivity contribution is 8.26. The van der Waals surface area contributed by atoms with E-state index in [0.717, 1.165) is 34.6 Å². The van der Waals surface area contributed by atoms with Crippen LogP contribution in [-0.4, -0.2) is 45.7 Å². The first-order chi connectivity index (χ1) is 19.9. The molecule has 0 spiro atoms. The van der Waals surface area contributed by atoms with E-state index in [2.05, 4.69) is 24.4 Å². The van der Waals surface area contributed by atoms with Gasteiger partial charge >= 0.3 is 0 Å². The molecule has 1 aromatic heterocycles. The normalized spacial score (nSPS) is 27.7. The van der Waals surface area contributed by atoms with Gasteiger partial charge in [0, 0.05) is 23.7 Å². The van der Waals surface area contributed by atoms with Crippen LogP contribution in [0.15, 0.2) is 59.6 Å². The third kappa shape index (κ3) is 4.89. The summed E-state index contributed by atoms with van der Waals surface area (Å²) in [5.74, 6) is 3.78. The summed E-state index contributed by atoms with van der Waals surface area (Å²) >= 11 is 7.11. The lowest BCUT2D eigenvalue weighted by Crippen LogP contribution is -2.49. The molecule has 6 nitrogen and oxygen atoms in total. The lowest BCUT2D eigenvalue weighted by molar-refractivity contribution is -0.122. The monoisotopic (exact) mass is 585 g/mol. The number of rotatable bonds is 8. The number of hydrogen-bond donors (Lipinski definition) is 0. The Labute approximate surface area is 251 Å². The van der Waals surface area contributed by atoms with Crippen LogP contribution in [0.4, 0.5) is 0 Å². The molecule has 0 atom stereocenters. The Morgan fingerprint density at radius 2 is 1.68 bits per heavy atom. The van der Waals surface area contributed by atoms with Crippen molar-refractivity contribution in [3.8, 4) is 17.2 Å². The number of carbonyl (C=O) groups excluding carboxylic acids is 1. The van der Waals surface area contributed by atoms with Crippen LogP contribution in [0.3, 0.4) is 0 Å². The van der Waals surface area contributed by atoms with Gasteiger partial charge in [0.2, 0.25) is 0 Å². The highest BCUT2D eigenvalue weighted by atomic mass is 32.2. The summed E-state index contributed by atoms with van der Waals surface area (Å²) in [5.41, 5.74) is 4.46. The van der Waals surface area contributed by atoms with Crippen LogP contribution in [0.2, 0.25) is 0 Å². The summed E-state index contributed by atoms with van der Waals surface area (Å²) in [5, 5.41) is 5.27. The van der Waals surface area contributed by atoms with Crippen LogP contribution in [0, 0.1) is 17.8 Å². The topological polar surface area (TPSA) is 56.6 Å². The second-order valence-corrected chi connectivity index (χ2v) is 13.9. The molecule has 8 rings (SSSR count). The van der Waals surface area contributed by atoms with Crippen molar-refractivity contribution in [3.63, 3.8) is 0 Å². The number of para-hydroxylation sites is 1. The number of thiocarbonyl (C=S) groups is 1. The fourth-order valence-corrected chi connectivity index (χ4v) is 9.43. The molecule has 2 heterocycles. The average Bonchev–Trinajstić information content (AvgIpc) is 3.52. The molecule has 8 heteroatoms. The van der Waals surface area contributed by atoms with Crippen molar-refractivity contribution in [2.24, 2.45) is 17.8 Å². The number of carbonyl (C=O) groups is 1. The van der Waals surface area contributed by atoms with Crippen LogP contribution in [0.1, 0.15) is 55.3 Å². The zero-order valence-electron chi connectivity index (χ0n) is 23.5. The van der Waals surface area contributed by atoms with Crippen LogP contribution in [0.5, 0.6) is 11.5 Å². The first kappa shape index (κ1) is 26.8. The van der Waals surface area contributed by atoms with Crippen LogP contribution < -0.4 is 9.47 Å². The zero-order chi connectivity index (χ0) is 28.1. The Morgan fingerprint density at radius 3 is 2.34 bits per heavy atom. The van der Waals surface area contributed by atoms with Gasteiger partial charge in [-0.25, -0.2) is 4.68 Å². The molecule has 0 unspecified atom stereocenters. The van der Waals surface area contributed by atoms with Crippen molar-refractivity contribution in [1.82, 2.24) is 14.7 Å². The number of amides is 1. The van der Waals surface area contributed by atoms with E-state index in [0.29, 0.717) is 33.7 Å². The summed E-state index contributed by atoms with van der Waals surface area (Å²) in [7, 11) is 3.26. The minimum absolute atomic E-state index is 0.0237. The van der Waals surface area contributed by atoms with Gasteiger partial charge in [-0.1, -0.05) is 48.2 Å². The minimum Gasteiger partial charge on any atom is -0.493 e. The summed E-state index contributed by atoms with van der Waals surface area (Å²) in [6, 6.07) is 16.2. The third-order valence-corrected chi connectivity index (χ3v) is 10.9. The molecule has 1 amide bonds. The molecular weight excluding hydrogens is 551 g/mol. The molecule has 5 fully saturated rings. The lowest BCUT2D eigenvalue weighted by atomic mass is 9.48. The molecule has 1 aliphatic heterocycles. The predicted octanol–water partition coefficient (Wildman–Crippen LogP) is 6.80. The number of thioether (sulfide) groups is 1. The van der Waals surface area contributed by atoms with E-state index in [1.165, 1.54) is 56.0 Å². The summed E-state index contributed by atoms with van der Waals surface area (Å²) in [6.45, 7) is 0.516. The Balaban J connectivity index is 1.18. The first-order valence-electron chi connectivity index (χ1n) is 14.6. The molecule has 5 aliphatic rings. The van der Waals surface area contributed by atoms with Crippen LogP contribution in [0.25, 0.3) is 11.8 Å². The zero-order valence-corrected chi connectivity index (χ0v) is 25.2. The number of benzene rings is 2. The minimum atomic E-state index is -0.0237. The highest BCUT2D eigenvalue weighted by Gasteiger charge is 2.53.